The van der Waals surface area contributed by atoms with E-state index in [1.54, 1.807) is 20.0 Å². The van der Waals surface area contributed by atoms with Gasteiger partial charge in [0.15, 0.2) is 0 Å². The van der Waals surface area contributed by atoms with Crippen LogP contribution in [-0.2, 0) is 20.0 Å². The Hall–Kier alpha value is -1.19. The Balaban J connectivity index is 0. The summed E-state index contributed by atoms with van der Waals surface area (Å²) in [6.07, 6.45) is 10.0. The number of hydrogen-bond acceptors (Lipinski definition) is 2. The van der Waals surface area contributed by atoms with Crippen molar-refractivity contribution in [3.05, 3.63) is 66.8 Å². The molecule has 0 radical (unpaired) electrons. The van der Waals surface area contributed by atoms with Gasteiger partial charge in [-0.3, -0.25) is 6.08 Å². The van der Waals surface area contributed by atoms with E-state index in [4.69, 9.17) is 10.2 Å². The number of aliphatic hydroxyl groups is 2. The standard InChI is InChI=1S/C9H7.C5H5.2CH4O.CH2.Ti/c1-2-5-9-7-3-6-8(9)4-1;1-2-4-5-3-1;2*1-2;;/h1-7H;1-3H,4H2;2*2H,1H3;1H2;/q2*-1;;;;+2. The number of rotatable bonds is 0. The fraction of sp³-hybridized carbons (Fsp3) is 0.176. The van der Waals surface area contributed by atoms with E-state index in [2.05, 4.69) is 59.4 Å². The summed E-state index contributed by atoms with van der Waals surface area (Å²) in [7, 11) is 2.00. The molecule has 0 fully saturated rings. The van der Waals surface area contributed by atoms with E-state index in [-0.39, 0.29) is 0 Å². The number of allylic oxidation sites excluding steroid dienone is 4. The van der Waals surface area contributed by atoms with Gasteiger partial charge in [-0.25, -0.2) is 12.2 Å². The van der Waals surface area contributed by atoms with Crippen molar-refractivity contribution < 1.29 is 30.2 Å². The van der Waals surface area contributed by atoms with Crippen molar-refractivity contribution in [1.29, 1.82) is 0 Å². The van der Waals surface area contributed by atoms with Gasteiger partial charge in [-0.05, 0) is 0 Å². The van der Waals surface area contributed by atoms with Crippen molar-refractivity contribution in [3.8, 4) is 0 Å². The van der Waals surface area contributed by atoms with Gasteiger partial charge in [-0.1, -0.05) is 6.07 Å². The molecule has 0 amide bonds. The van der Waals surface area contributed by atoms with E-state index in [0.29, 0.717) is 0 Å². The molecule has 0 saturated carbocycles. The summed E-state index contributed by atoms with van der Waals surface area (Å²) in [4.78, 5) is 3.25. The van der Waals surface area contributed by atoms with Crippen molar-refractivity contribution in [2.45, 2.75) is 6.42 Å². The van der Waals surface area contributed by atoms with E-state index in [1.165, 1.54) is 10.8 Å². The molecule has 2 aromatic rings. The minimum Gasteiger partial charge on any atom is -0.168 e. The first-order valence-corrected chi connectivity index (χ1v) is 7.14. The molecule has 2 aromatic carbocycles. The van der Waals surface area contributed by atoms with E-state index in [9.17, 15) is 0 Å². The van der Waals surface area contributed by atoms with Gasteiger partial charge in [0.1, 0.15) is 0 Å². The first-order chi connectivity index (χ1) is 9.97. The topological polar surface area (TPSA) is 40.5 Å². The Morgan fingerprint density at radius 2 is 1.75 bits per heavy atom. The molecule has 0 heterocycles. The van der Waals surface area contributed by atoms with E-state index in [0.717, 1.165) is 20.6 Å². The normalized spacial score (nSPS) is 9.90. The van der Waals surface area contributed by atoms with Gasteiger partial charge in [-0.2, -0.15) is 23.6 Å². The molecule has 3 heteroatoms. The molecule has 1 aliphatic rings. The average Bonchev–Trinajstić information content (AvgIpc) is 3.27. The van der Waals surface area contributed by atoms with Crippen LogP contribution in [0.25, 0.3) is 10.8 Å². The van der Waals surface area contributed by atoms with Crippen LogP contribution < -0.4 is 0 Å². The van der Waals surface area contributed by atoms with Crippen LogP contribution in [0.15, 0.2) is 60.7 Å². The zero-order chi connectivity index (χ0) is 15.6. The Kier molecular flexibility index (Phi) is 18.8. The van der Waals surface area contributed by atoms with E-state index >= 15 is 0 Å². The van der Waals surface area contributed by atoms with Gasteiger partial charge < -0.3 is 10.2 Å². The van der Waals surface area contributed by atoms with Crippen LogP contribution in [0.5, 0.6) is 0 Å². The zero-order valence-electron chi connectivity index (χ0n) is 12.1. The number of benzene rings is 1. The maximum atomic E-state index is 7.00. The molecule has 2 nitrogen and oxygen atoms in total. The third-order valence-corrected chi connectivity index (χ3v) is 2.13. The Morgan fingerprint density at radius 1 is 1.10 bits per heavy atom. The summed E-state index contributed by atoms with van der Waals surface area (Å²) < 4.78 is 0. The van der Waals surface area contributed by atoms with Crippen LogP contribution in [-0.4, -0.2) is 29.2 Å². The molecule has 106 valence electrons. The second kappa shape index (κ2) is 17.8. The molecule has 2 N–H and O–H groups in total. The fourth-order valence-electron chi connectivity index (χ4n) is 1.41. The number of aliphatic hydroxyl groups excluding tert-OH is 2. The summed E-state index contributed by atoms with van der Waals surface area (Å²) in [6.45, 7) is 0. The molecule has 0 aliphatic heterocycles. The third-order valence-electron chi connectivity index (χ3n) is 2.13. The summed E-state index contributed by atoms with van der Waals surface area (Å²) in [5, 5.41) is 16.7. The van der Waals surface area contributed by atoms with Crippen LogP contribution >= 0.6 is 0 Å². The molecule has 3 rings (SSSR count). The van der Waals surface area contributed by atoms with Crippen LogP contribution in [0.2, 0.25) is 0 Å². The van der Waals surface area contributed by atoms with E-state index in [1.807, 2.05) is 12.2 Å². The molecule has 0 atom stereocenters. The minimum absolute atomic E-state index is 1.00. The van der Waals surface area contributed by atoms with Crippen molar-refractivity contribution >= 4 is 15.6 Å². The predicted molar refractivity (Wildman–Crippen MR) is 84.5 cm³/mol. The Bertz CT molecular complexity index is 432. The van der Waals surface area contributed by atoms with Gasteiger partial charge in [0.2, 0.25) is 0 Å². The van der Waals surface area contributed by atoms with Crippen molar-refractivity contribution in [2.24, 2.45) is 0 Å². The quantitative estimate of drug-likeness (QED) is 0.580. The molecule has 0 spiro atoms. The monoisotopic (exact) mass is 306 g/mol. The Labute approximate surface area is 133 Å². The predicted octanol–water partition coefficient (Wildman–Crippen LogP) is 3.05. The molecular weight excluding hydrogens is 284 g/mol. The van der Waals surface area contributed by atoms with Crippen LogP contribution in [0.1, 0.15) is 6.42 Å². The first kappa shape index (κ1) is 21.1. The maximum absolute atomic E-state index is 7.00. The summed E-state index contributed by atoms with van der Waals surface area (Å²) in [5.74, 6) is 0. The molecule has 0 saturated heterocycles. The van der Waals surface area contributed by atoms with Crippen LogP contribution in [0.4, 0.5) is 0 Å². The summed E-state index contributed by atoms with van der Waals surface area (Å²) >= 11 is 1.75. The van der Waals surface area contributed by atoms with Gasteiger partial charge in [0.25, 0.3) is 0 Å². The van der Waals surface area contributed by atoms with Crippen molar-refractivity contribution in [1.82, 2.24) is 0 Å². The first-order valence-electron chi connectivity index (χ1n) is 6.04. The van der Waals surface area contributed by atoms with Crippen molar-refractivity contribution in [2.75, 3.05) is 14.2 Å². The largest absolute Gasteiger partial charge is 0.168 e. The maximum Gasteiger partial charge on any atom is -0.0809 e. The number of hydrogen-bond donors (Lipinski definition) is 2. The SMILES string of the molecule is CO.CO.[C-]1=CC=CC1.[CH2]=[Ti+2].c1ccc2[cH-]ccc2c1. The van der Waals surface area contributed by atoms with Gasteiger partial charge in [0.05, 0.1) is 0 Å². The molecular formula is C17H22O2Ti. The molecule has 0 aromatic heterocycles. The third kappa shape index (κ3) is 9.71. The van der Waals surface area contributed by atoms with Gasteiger partial charge in [0, 0.05) is 14.2 Å². The smallest absolute Gasteiger partial charge is 0.0809 e. The fourth-order valence-corrected chi connectivity index (χ4v) is 1.41. The summed E-state index contributed by atoms with van der Waals surface area (Å²) in [5.41, 5.74) is 0. The molecule has 1 aliphatic carbocycles. The van der Waals surface area contributed by atoms with Crippen molar-refractivity contribution in [3.63, 3.8) is 0 Å². The molecule has 20 heavy (non-hydrogen) atoms. The number of fused-ring (bicyclic) bond motifs is 1. The Morgan fingerprint density at radius 3 is 2.20 bits per heavy atom. The molecule has 0 unspecified atom stereocenters. The van der Waals surface area contributed by atoms with Gasteiger partial charge >= 0.3 is 24.8 Å². The van der Waals surface area contributed by atoms with E-state index < -0.39 is 0 Å². The minimum atomic E-state index is 1.00. The zero-order valence-corrected chi connectivity index (χ0v) is 13.6. The second-order valence-corrected chi connectivity index (χ2v) is 3.16. The van der Waals surface area contributed by atoms with Crippen LogP contribution in [0, 0.1) is 6.08 Å². The van der Waals surface area contributed by atoms with Crippen LogP contribution in [0.3, 0.4) is 0 Å². The second-order valence-electron chi connectivity index (χ2n) is 3.16. The molecule has 0 bridgehead atoms. The summed E-state index contributed by atoms with van der Waals surface area (Å²) in [6, 6.07) is 14.7. The van der Waals surface area contributed by atoms with Gasteiger partial charge in [-0.15, -0.1) is 36.1 Å². The average molecular weight is 306 g/mol.